The summed E-state index contributed by atoms with van der Waals surface area (Å²) in [5.41, 5.74) is 10.2. The molecular weight excluding hydrogens is 713 g/mol. The van der Waals surface area contributed by atoms with Crippen molar-refractivity contribution in [2.24, 2.45) is 0 Å². The predicted octanol–water partition coefficient (Wildman–Crippen LogP) is 12.6. The molecule has 0 amide bonds. The number of nitrogens with zero attached hydrogens (tertiary/aromatic N) is 6. The van der Waals surface area contributed by atoms with Crippen molar-refractivity contribution in [1.82, 2.24) is 19.5 Å². The smallest absolute Gasteiger partial charge is 0.167 e. The Labute approximate surface area is 338 Å². The molecule has 0 spiro atoms. The van der Waals surface area contributed by atoms with Crippen LogP contribution < -0.4 is 14.5 Å². The molecule has 0 bridgehead atoms. The minimum Gasteiger partial charge on any atom is -0.456 e. The first-order valence-electron chi connectivity index (χ1n) is 19.7. The molecule has 1 aliphatic heterocycles. The Bertz CT molecular complexity index is 2900. The van der Waals surface area contributed by atoms with Crippen molar-refractivity contribution >= 4 is 38.9 Å². The average Bonchev–Trinajstić information content (AvgIpc) is 3.77. The maximum atomic E-state index is 7.25. The summed E-state index contributed by atoms with van der Waals surface area (Å²) in [6, 6.07) is 58.8. The summed E-state index contributed by atoms with van der Waals surface area (Å²) in [5, 5.41) is 2.20. The van der Waals surface area contributed by atoms with Gasteiger partial charge in [0.25, 0.3) is 0 Å². The van der Waals surface area contributed by atoms with Gasteiger partial charge in [0, 0.05) is 52.5 Å². The van der Waals surface area contributed by atoms with Crippen molar-refractivity contribution < 1.29 is 4.74 Å². The zero-order valence-electron chi connectivity index (χ0n) is 33.0. The third-order valence-corrected chi connectivity index (χ3v) is 11.0. The number of hydrogen-bond acceptors (Lipinski definition) is 6. The van der Waals surface area contributed by atoms with Crippen LogP contribution in [0.1, 0.15) is 26.3 Å². The van der Waals surface area contributed by atoms with Gasteiger partial charge in [-0.3, -0.25) is 0 Å². The fourth-order valence-electron chi connectivity index (χ4n) is 8.00. The molecule has 7 nitrogen and oxygen atoms in total. The van der Waals surface area contributed by atoms with Crippen molar-refractivity contribution in [1.29, 1.82) is 0 Å². The molecule has 0 atom stereocenters. The highest BCUT2D eigenvalue weighted by atomic mass is 16.5. The Kier molecular flexibility index (Phi) is 8.52. The zero-order valence-corrected chi connectivity index (χ0v) is 33.0. The SMILES string of the molecule is CN1CN(c2cc(Oc3cc4c(cc3-c3nc(-c5ccccc5)nc(-c5ccccc5)n3)c3ccccc3n4-c3ccccc3)cc(C(C)(C)C)c2)c2ccccc21. The molecule has 0 N–H and O–H groups in total. The van der Waals surface area contributed by atoms with Crippen LogP contribution in [0.25, 0.3) is 61.7 Å². The van der Waals surface area contributed by atoms with Crippen LogP contribution in [0.5, 0.6) is 11.5 Å². The standard InChI is InChI=1S/C51H42N6O/c1-51(2,3)36-28-38(56-33-55(4)44-26-16-17-27-45(44)56)30-39(29-36)58-47-32-46-41(40-24-14-15-25-43(40)57(46)37-22-12-7-13-23-37)31-42(47)50-53-48(34-18-8-5-9-19-34)52-49(54-50)35-20-10-6-11-21-35/h5-32H,33H2,1-4H3. The van der Waals surface area contributed by atoms with E-state index in [1.54, 1.807) is 0 Å². The van der Waals surface area contributed by atoms with Crippen LogP contribution in [-0.4, -0.2) is 33.2 Å². The maximum Gasteiger partial charge on any atom is 0.167 e. The number of hydrogen-bond donors (Lipinski definition) is 0. The minimum absolute atomic E-state index is 0.144. The minimum atomic E-state index is -0.144. The van der Waals surface area contributed by atoms with Gasteiger partial charge < -0.3 is 19.1 Å². The molecule has 2 aromatic heterocycles. The number of rotatable bonds is 7. The Morgan fingerprint density at radius 3 is 1.78 bits per heavy atom. The highest BCUT2D eigenvalue weighted by Gasteiger charge is 2.27. The van der Waals surface area contributed by atoms with Crippen molar-refractivity contribution in [3.8, 4) is 51.3 Å². The molecule has 0 unspecified atom stereocenters. The molecule has 0 saturated carbocycles. The molecule has 0 fully saturated rings. The van der Waals surface area contributed by atoms with E-state index in [0.29, 0.717) is 23.2 Å². The quantitative estimate of drug-likeness (QED) is 0.161. The number of ether oxygens (including phenoxy) is 1. The lowest BCUT2D eigenvalue weighted by molar-refractivity contribution is 0.480. The highest BCUT2D eigenvalue weighted by molar-refractivity contribution is 6.11. The van der Waals surface area contributed by atoms with Gasteiger partial charge in [-0.2, -0.15) is 0 Å². The largest absolute Gasteiger partial charge is 0.456 e. The second-order valence-electron chi connectivity index (χ2n) is 15.9. The Hall–Kier alpha value is -7.25. The fraction of sp³-hybridized carbons (Fsp3) is 0.118. The third-order valence-electron chi connectivity index (χ3n) is 11.0. The topological polar surface area (TPSA) is 59.3 Å². The normalized spacial score (nSPS) is 12.7. The van der Waals surface area contributed by atoms with E-state index in [4.69, 9.17) is 19.7 Å². The summed E-state index contributed by atoms with van der Waals surface area (Å²) in [7, 11) is 2.14. The second-order valence-corrected chi connectivity index (χ2v) is 15.9. The summed E-state index contributed by atoms with van der Waals surface area (Å²) in [5.74, 6) is 3.10. The van der Waals surface area contributed by atoms with E-state index < -0.39 is 0 Å². The molecule has 7 heteroatoms. The molecule has 58 heavy (non-hydrogen) atoms. The second kappa shape index (κ2) is 14.0. The van der Waals surface area contributed by atoms with Crippen LogP contribution in [0.2, 0.25) is 0 Å². The van der Waals surface area contributed by atoms with Gasteiger partial charge in [0.05, 0.1) is 34.6 Å². The van der Waals surface area contributed by atoms with Crippen LogP contribution in [0.3, 0.4) is 0 Å². The Morgan fingerprint density at radius 2 is 1.10 bits per heavy atom. The number of para-hydroxylation sites is 4. The molecule has 10 rings (SSSR count). The first kappa shape index (κ1) is 35.2. The van der Waals surface area contributed by atoms with Gasteiger partial charge in [-0.15, -0.1) is 0 Å². The lowest BCUT2D eigenvalue weighted by Gasteiger charge is -2.26. The molecule has 7 aromatic carbocycles. The average molecular weight is 755 g/mol. The van der Waals surface area contributed by atoms with Gasteiger partial charge in [-0.1, -0.05) is 130 Å². The molecule has 3 heterocycles. The van der Waals surface area contributed by atoms with E-state index in [-0.39, 0.29) is 5.41 Å². The van der Waals surface area contributed by atoms with Crippen LogP contribution >= 0.6 is 0 Å². The monoisotopic (exact) mass is 754 g/mol. The number of fused-ring (bicyclic) bond motifs is 4. The first-order chi connectivity index (χ1) is 28.3. The maximum absolute atomic E-state index is 7.25. The van der Waals surface area contributed by atoms with E-state index >= 15 is 0 Å². The molecular formula is C51H42N6O. The van der Waals surface area contributed by atoms with Crippen LogP contribution in [0, 0.1) is 0 Å². The third kappa shape index (κ3) is 6.31. The lowest BCUT2D eigenvalue weighted by Crippen LogP contribution is -2.24. The van der Waals surface area contributed by atoms with Gasteiger partial charge in [0.2, 0.25) is 0 Å². The first-order valence-corrected chi connectivity index (χ1v) is 19.7. The Morgan fingerprint density at radius 1 is 0.517 bits per heavy atom. The van der Waals surface area contributed by atoms with Crippen LogP contribution in [0.15, 0.2) is 170 Å². The molecule has 0 radical (unpaired) electrons. The fourth-order valence-corrected chi connectivity index (χ4v) is 8.00. The molecule has 9 aromatic rings. The number of benzene rings is 7. The lowest BCUT2D eigenvalue weighted by atomic mass is 9.86. The van der Waals surface area contributed by atoms with Crippen molar-refractivity contribution in [3.05, 3.63) is 175 Å². The van der Waals surface area contributed by atoms with Crippen LogP contribution in [-0.2, 0) is 5.41 Å². The van der Waals surface area contributed by atoms with Crippen molar-refractivity contribution in [2.75, 3.05) is 23.5 Å². The highest BCUT2D eigenvalue weighted by Crippen LogP contribution is 2.45. The van der Waals surface area contributed by atoms with E-state index in [1.807, 2.05) is 60.7 Å². The Balaban J connectivity index is 1.23. The molecule has 0 saturated heterocycles. The summed E-state index contributed by atoms with van der Waals surface area (Å²) < 4.78 is 9.56. The molecule has 1 aliphatic rings. The molecule has 0 aliphatic carbocycles. The van der Waals surface area contributed by atoms with E-state index in [0.717, 1.165) is 62.3 Å². The van der Waals surface area contributed by atoms with Crippen molar-refractivity contribution in [3.63, 3.8) is 0 Å². The summed E-state index contributed by atoms with van der Waals surface area (Å²) in [6.45, 7) is 7.47. The summed E-state index contributed by atoms with van der Waals surface area (Å²) in [6.07, 6.45) is 0. The van der Waals surface area contributed by atoms with Gasteiger partial charge in [-0.05, 0) is 59.5 Å². The van der Waals surface area contributed by atoms with Gasteiger partial charge >= 0.3 is 0 Å². The predicted molar refractivity (Wildman–Crippen MR) is 238 cm³/mol. The van der Waals surface area contributed by atoms with Gasteiger partial charge in [0.15, 0.2) is 17.5 Å². The zero-order chi connectivity index (χ0) is 39.4. The van der Waals surface area contributed by atoms with Gasteiger partial charge in [0.1, 0.15) is 11.5 Å². The van der Waals surface area contributed by atoms with Crippen molar-refractivity contribution in [2.45, 2.75) is 26.2 Å². The van der Waals surface area contributed by atoms with E-state index in [9.17, 15) is 0 Å². The summed E-state index contributed by atoms with van der Waals surface area (Å²) >= 11 is 0. The number of anilines is 3. The summed E-state index contributed by atoms with van der Waals surface area (Å²) in [4.78, 5) is 20.1. The van der Waals surface area contributed by atoms with E-state index in [2.05, 4.69) is 151 Å². The number of aromatic nitrogens is 4. The molecule has 282 valence electrons. The van der Waals surface area contributed by atoms with Gasteiger partial charge in [-0.25, -0.2) is 15.0 Å². The van der Waals surface area contributed by atoms with Crippen LogP contribution in [0.4, 0.5) is 17.1 Å². The van der Waals surface area contributed by atoms with E-state index in [1.165, 1.54) is 16.9 Å².